The number of aromatic nitrogens is 4. The van der Waals surface area contributed by atoms with Gasteiger partial charge >= 0.3 is 0 Å². The molecule has 7 heteroatoms. The number of hydrogen-bond donors (Lipinski definition) is 0. The van der Waals surface area contributed by atoms with Gasteiger partial charge in [-0.15, -0.1) is 0 Å². The maximum absolute atomic E-state index is 6.00. The minimum absolute atomic E-state index is 0.142. The molecule has 2 heterocycles. The summed E-state index contributed by atoms with van der Waals surface area (Å²) in [7, 11) is 0. The molecule has 0 unspecified atom stereocenters. The van der Waals surface area contributed by atoms with Crippen LogP contribution in [-0.4, -0.2) is 19.7 Å². The molecular weight excluding hydrogens is 315 g/mol. The van der Waals surface area contributed by atoms with Crippen molar-refractivity contribution in [2.24, 2.45) is 0 Å². The summed E-state index contributed by atoms with van der Waals surface area (Å²) in [4.78, 5) is 7.85. The molecular formula is C9H7BrCl2N4. The van der Waals surface area contributed by atoms with E-state index in [4.69, 9.17) is 23.2 Å². The second kappa shape index (κ2) is 4.31. The van der Waals surface area contributed by atoms with Crippen LogP contribution in [0, 0.1) is 13.8 Å². The molecule has 16 heavy (non-hydrogen) atoms. The van der Waals surface area contributed by atoms with Crippen molar-refractivity contribution in [2.75, 3.05) is 0 Å². The molecule has 2 aromatic heterocycles. The zero-order valence-corrected chi connectivity index (χ0v) is 11.6. The van der Waals surface area contributed by atoms with Gasteiger partial charge in [0.1, 0.15) is 5.02 Å². The summed E-state index contributed by atoms with van der Waals surface area (Å²) in [5.41, 5.74) is 1.78. The highest BCUT2D eigenvalue weighted by molar-refractivity contribution is 9.10. The van der Waals surface area contributed by atoms with E-state index in [9.17, 15) is 0 Å². The molecule has 0 aliphatic carbocycles. The topological polar surface area (TPSA) is 43.6 Å². The van der Waals surface area contributed by atoms with Gasteiger partial charge in [0.2, 0.25) is 5.28 Å². The Morgan fingerprint density at radius 2 is 2.00 bits per heavy atom. The standard InChI is InChI=1S/C9H7BrCl2N4/c1-4-7(10)5(2)16(15-4)8-6(11)3-13-9(12)14-8/h3H,1-2H3. The van der Waals surface area contributed by atoms with E-state index in [1.165, 1.54) is 6.20 Å². The molecule has 0 radical (unpaired) electrons. The summed E-state index contributed by atoms with van der Waals surface area (Å²) in [5, 5.41) is 4.87. The summed E-state index contributed by atoms with van der Waals surface area (Å²) in [6.07, 6.45) is 1.45. The Morgan fingerprint density at radius 1 is 1.31 bits per heavy atom. The Bertz CT molecular complexity index is 553. The fraction of sp³-hybridized carbons (Fsp3) is 0.222. The molecule has 0 aliphatic heterocycles. The van der Waals surface area contributed by atoms with Gasteiger partial charge in [-0.25, -0.2) is 9.67 Å². The summed E-state index contributed by atoms with van der Waals surface area (Å²) < 4.78 is 2.56. The molecule has 0 amide bonds. The predicted octanol–water partition coefficient (Wildman–Crippen LogP) is 3.35. The minimum Gasteiger partial charge on any atom is -0.225 e. The lowest BCUT2D eigenvalue weighted by molar-refractivity contribution is 0.801. The van der Waals surface area contributed by atoms with E-state index in [0.29, 0.717) is 10.8 Å². The van der Waals surface area contributed by atoms with Crippen molar-refractivity contribution < 1.29 is 0 Å². The molecule has 0 aromatic carbocycles. The average Bonchev–Trinajstić information content (AvgIpc) is 2.50. The van der Waals surface area contributed by atoms with Crippen LogP contribution in [0.1, 0.15) is 11.4 Å². The smallest absolute Gasteiger partial charge is 0.224 e. The monoisotopic (exact) mass is 320 g/mol. The predicted molar refractivity (Wildman–Crippen MR) is 66.3 cm³/mol. The third-order valence-corrected chi connectivity index (χ3v) is 3.70. The van der Waals surface area contributed by atoms with Crippen molar-refractivity contribution in [3.8, 4) is 5.82 Å². The molecule has 2 aromatic rings. The van der Waals surface area contributed by atoms with Crippen molar-refractivity contribution in [3.63, 3.8) is 0 Å². The van der Waals surface area contributed by atoms with Crippen LogP contribution in [0.3, 0.4) is 0 Å². The SMILES string of the molecule is Cc1nn(-c2nc(Cl)ncc2Cl)c(C)c1Br. The van der Waals surface area contributed by atoms with E-state index >= 15 is 0 Å². The van der Waals surface area contributed by atoms with E-state index in [1.54, 1.807) is 4.68 Å². The lowest BCUT2D eigenvalue weighted by atomic mass is 10.4. The number of halogens is 3. The molecule has 0 spiro atoms. The van der Waals surface area contributed by atoms with Crippen molar-refractivity contribution >= 4 is 39.1 Å². The Kier molecular flexibility index (Phi) is 3.19. The van der Waals surface area contributed by atoms with E-state index in [-0.39, 0.29) is 5.28 Å². The lowest BCUT2D eigenvalue weighted by Gasteiger charge is -2.05. The molecule has 0 saturated heterocycles. The fourth-order valence-corrected chi connectivity index (χ4v) is 1.86. The number of nitrogens with zero attached hydrogens (tertiary/aromatic N) is 4. The van der Waals surface area contributed by atoms with Crippen LogP contribution in [0.2, 0.25) is 10.3 Å². The first-order chi connectivity index (χ1) is 7.50. The summed E-state index contributed by atoms with van der Waals surface area (Å²) in [5.74, 6) is 0.480. The van der Waals surface area contributed by atoms with Crippen LogP contribution < -0.4 is 0 Å². The Morgan fingerprint density at radius 3 is 2.56 bits per heavy atom. The first-order valence-corrected chi connectivity index (χ1v) is 5.95. The van der Waals surface area contributed by atoms with Crippen LogP contribution in [0.15, 0.2) is 10.7 Å². The highest BCUT2D eigenvalue weighted by Crippen LogP contribution is 2.25. The maximum atomic E-state index is 6.00. The Balaban J connectivity index is 2.67. The van der Waals surface area contributed by atoms with Gasteiger partial charge in [-0.3, -0.25) is 0 Å². The molecule has 4 nitrogen and oxygen atoms in total. The van der Waals surface area contributed by atoms with Gasteiger partial charge in [0.25, 0.3) is 0 Å². The average molecular weight is 322 g/mol. The molecule has 0 fully saturated rings. The van der Waals surface area contributed by atoms with Crippen molar-refractivity contribution in [3.05, 3.63) is 32.4 Å². The zero-order chi connectivity index (χ0) is 11.9. The van der Waals surface area contributed by atoms with Gasteiger partial charge < -0.3 is 0 Å². The van der Waals surface area contributed by atoms with Crippen molar-refractivity contribution in [1.82, 2.24) is 19.7 Å². The maximum Gasteiger partial charge on any atom is 0.224 e. The Hall–Kier alpha value is -0.650. The van der Waals surface area contributed by atoms with Gasteiger partial charge in [0.15, 0.2) is 5.82 Å². The molecule has 0 saturated carbocycles. The van der Waals surface area contributed by atoms with Gasteiger partial charge in [-0.2, -0.15) is 10.1 Å². The Labute approximate surface area is 111 Å². The first-order valence-electron chi connectivity index (χ1n) is 4.41. The molecule has 0 bridgehead atoms. The highest BCUT2D eigenvalue weighted by atomic mass is 79.9. The third kappa shape index (κ3) is 1.95. The van der Waals surface area contributed by atoms with Crippen molar-refractivity contribution in [2.45, 2.75) is 13.8 Å². The molecule has 84 valence electrons. The summed E-state index contributed by atoms with van der Waals surface area (Å²) in [6, 6.07) is 0. The zero-order valence-electron chi connectivity index (χ0n) is 8.50. The molecule has 0 atom stereocenters. The third-order valence-electron chi connectivity index (χ3n) is 2.10. The van der Waals surface area contributed by atoms with E-state index in [2.05, 4.69) is 31.0 Å². The number of aryl methyl sites for hydroxylation is 1. The van der Waals surface area contributed by atoms with E-state index < -0.39 is 0 Å². The fourth-order valence-electron chi connectivity index (χ4n) is 1.32. The first kappa shape index (κ1) is 11.8. The van der Waals surface area contributed by atoms with Crippen LogP contribution in [0.4, 0.5) is 0 Å². The van der Waals surface area contributed by atoms with Crippen LogP contribution in [0.5, 0.6) is 0 Å². The normalized spacial score (nSPS) is 10.8. The van der Waals surface area contributed by atoms with Gasteiger partial charge in [-0.05, 0) is 41.4 Å². The van der Waals surface area contributed by atoms with Crippen LogP contribution >= 0.6 is 39.1 Å². The largest absolute Gasteiger partial charge is 0.225 e. The summed E-state index contributed by atoms with van der Waals surface area (Å²) in [6.45, 7) is 3.81. The second-order valence-electron chi connectivity index (χ2n) is 3.21. The number of hydrogen-bond acceptors (Lipinski definition) is 3. The van der Waals surface area contributed by atoms with Crippen LogP contribution in [-0.2, 0) is 0 Å². The van der Waals surface area contributed by atoms with Gasteiger partial charge in [0, 0.05) is 0 Å². The van der Waals surface area contributed by atoms with E-state index in [1.807, 2.05) is 13.8 Å². The van der Waals surface area contributed by atoms with Gasteiger partial charge in [-0.1, -0.05) is 11.6 Å². The van der Waals surface area contributed by atoms with Gasteiger partial charge in [0.05, 0.1) is 22.1 Å². The molecule has 2 rings (SSSR count). The quantitative estimate of drug-likeness (QED) is 0.756. The molecule has 0 N–H and O–H groups in total. The van der Waals surface area contributed by atoms with Crippen molar-refractivity contribution in [1.29, 1.82) is 0 Å². The van der Waals surface area contributed by atoms with Crippen LogP contribution in [0.25, 0.3) is 5.82 Å². The lowest BCUT2D eigenvalue weighted by Crippen LogP contribution is -2.04. The molecule has 0 aliphatic rings. The second-order valence-corrected chi connectivity index (χ2v) is 4.75. The highest BCUT2D eigenvalue weighted by Gasteiger charge is 2.14. The minimum atomic E-state index is 0.142. The summed E-state index contributed by atoms with van der Waals surface area (Å²) >= 11 is 15.2. The van der Waals surface area contributed by atoms with E-state index in [0.717, 1.165) is 15.9 Å². The number of rotatable bonds is 1.